The lowest BCUT2D eigenvalue weighted by molar-refractivity contribution is -0.132. The molecule has 1 aromatic heterocycles. The van der Waals surface area contributed by atoms with Gasteiger partial charge in [-0.2, -0.15) is 0 Å². The molecule has 39 heavy (non-hydrogen) atoms. The summed E-state index contributed by atoms with van der Waals surface area (Å²) in [5, 5.41) is 8.94. The van der Waals surface area contributed by atoms with E-state index in [2.05, 4.69) is 46.3 Å². The quantitative estimate of drug-likeness (QED) is 0.460. The second kappa shape index (κ2) is 12.4. The van der Waals surface area contributed by atoms with Crippen LogP contribution < -0.4 is 4.90 Å². The third kappa shape index (κ3) is 6.81. The number of carbonyl (C=O) groups excluding carboxylic acids is 2. The number of aromatic nitrogens is 2. The summed E-state index contributed by atoms with van der Waals surface area (Å²) in [7, 11) is 0. The topological polar surface area (TPSA) is 78.9 Å². The van der Waals surface area contributed by atoms with Crippen molar-refractivity contribution in [3.05, 3.63) is 77.4 Å². The third-order valence-corrected chi connectivity index (χ3v) is 7.53. The Kier molecular flexibility index (Phi) is 8.51. The highest BCUT2D eigenvalue weighted by Gasteiger charge is 2.28. The van der Waals surface area contributed by atoms with Gasteiger partial charge in [-0.25, -0.2) is 0 Å². The van der Waals surface area contributed by atoms with Crippen LogP contribution in [0.3, 0.4) is 0 Å². The number of nitrogens with zero attached hydrogens (tertiary/aromatic N) is 5. The van der Waals surface area contributed by atoms with Gasteiger partial charge in [0.2, 0.25) is 5.91 Å². The fourth-order valence-corrected chi connectivity index (χ4v) is 5.16. The van der Waals surface area contributed by atoms with Crippen molar-refractivity contribution in [2.75, 3.05) is 50.8 Å². The second-order valence-corrected chi connectivity index (χ2v) is 10.6. The average molecular weight is 528 g/mol. The predicted molar refractivity (Wildman–Crippen MR) is 152 cm³/mol. The highest BCUT2D eigenvalue weighted by molar-refractivity contribution is 5.96. The Morgan fingerprint density at radius 2 is 1.62 bits per heavy atom. The largest absolute Gasteiger partial charge is 0.376 e. The van der Waals surface area contributed by atoms with Crippen LogP contribution in [-0.4, -0.2) is 83.8 Å². The fraction of sp³-hybridized carbons (Fsp3) is 0.419. The lowest BCUT2D eigenvalue weighted by Gasteiger charge is -2.28. The molecule has 2 saturated heterocycles. The van der Waals surface area contributed by atoms with E-state index in [4.69, 9.17) is 4.74 Å². The van der Waals surface area contributed by atoms with Gasteiger partial charge in [-0.3, -0.25) is 9.59 Å². The first-order chi connectivity index (χ1) is 19.0. The van der Waals surface area contributed by atoms with Crippen LogP contribution in [0.2, 0.25) is 0 Å². The molecule has 8 heteroatoms. The van der Waals surface area contributed by atoms with E-state index >= 15 is 0 Å². The number of carbonyl (C=O) groups is 2. The zero-order valence-corrected chi connectivity index (χ0v) is 22.9. The third-order valence-electron chi connectivity index (χ3n) is 7.53. The van der Waals surface area contributed by atoms with E-state index < -0.39 is 0 Å². The van der Waals surface area contributed by atoms with Crippen molar-refractivity contribution in [2.24, 2.45) is 0 Å². The molecule has 0 N–H and O–H groups in total. The van der Waals surface area contributed by atoms with Gasteiger partial charge in [-0.05, 0) is 57.4 Å². The smallest absolute Gasteiger partial charge is 0.254 e. The van der Waals surface area contributed by atoms with Crippen molar-refractivity contribution < 1.29 is 14.3 Å². The Bertz CT molecular complexity index is 1250. The van der Waals surface area contributed by atoms with E-state index in [1.807, 2.05) is 48.2 Å². The molecule has 5 rings (SSSR count). The van der Waals surface area contributed by atoms with Crippen molar-refractivity contribution in [3.8, 4) is 11.3 Å². The molecular formula is C31H37N5O3. The Labute approximate surface area is 230 Å². The number of benzene rings is 2. The summed E-state index contributed by atoms with van der Waals surface area (Å²) < 4.78 is 5.80. The molecule has 3 aromatic rings. The molecular weight excluding hydrogens is 490 g/mol. The van der Waals surface area contributed by atoms with Gasteiger partial charge in [-0.1, -0.05) is 47.5 Å². The van der Waals surface area contributed by atoms with Crippen molar-refractivity contribution in [3.63, 3.8) is 0 Å². The summed E-state index contributed by atoms with van der Waals surface area (Å²) in [5.74, 6) is 0.657. The summed E-state index contributed by atoms with van der Waals surface area (Å²) in [4.78, 5) is 32.6. The Balaban J connectivity index is 1.21. The van der Waals surface area contributed by atoms with E-state index in [0.717, 1.165) is 48.4 Å². The maximum absolute atomic E-state index is 13.4. The number of anilines is 1. The van der Waals surface area contributed by atoms with E-state index in [-0.39, 0.29) is 24.5 Å². The van der Waals surface area contributed by atoms with Gasteiger partial charge in [0.05, 0.1) is 11.8 Å². The molecule has 1 atom stereocenters. The number of aryl methyl sites for hydroxylation is 2. The molecule has 204 valence electrons. The van der Waals surface area contributed by atoms with Gasteiger partial charge in [0.25, 0.3) is 5.91 Å². The monoisotopic (exact) mass is 527 g/mol. The molecule has 2 fully saturated rings. The van der Waals surface area contributed by atoms with Crippen LogP contribution in [0.15, 0.2) is 60.7 Å². The maximum atomic E-state index is 13.4. The molecule has 2 amide bonds. The molecule has 0 bridgehead atoms. The molecule has 0 unspecified atom stereocenters. The van der Waals surface area contributed by atoms with Crippen LogP contribution in [0.25, 0.3) is 11.3 Å². The van der Waals surface area contributed by atoms with Crippen molar-refractivity contribution in [1.82, 2.24) is 20.0 Å². The SMILES string of the molecule is Cc1ccc(C(=O)N(CC(=O)N2CCCN(c3ccc(-c4ccc(C)cc4)nn3)CC2)C[C@@H]2CCCO2)cc1. The summed E-state index contributed by atoms with van der Waals surface area (Å²) in [6.07, 6.45) is 2.70. The van der Waals surface area contributed by atoms with Crippen molar-refractivity contribution >= 4 is 17.6 Å². The number of ether oxygens (including phenoxy) is 1. The number of hydrogen-bond donors (Lipinski definition) is 0. The maximum Gasteiger partial charge on any atom is 0.254 e. The molecule has 3 heterocycles. The zero-order chi connectivity index (χ0) is 27.2. The lowest BCUT2D eigenvalue weighted by Crippen LogP contribution is -2.46. The number of amides is 2. The van der Waals surface area contributed by atoms with Crippen LogP contribution in [0.1, 0.15) is 40.7 Å². The molecule has 0 spiro atoms. The van der Waals surface area contributed by atoms with Gasteiger partial charge in [0.1, 0.15) is 6.54 Å². The lowest BCUT2D eigenvalue weighted by atomic mass is 10.1. The minimum absolute atomic E-state index is 0.0201. The van der Waals surface area contributed by atoms with Crippen LogP contribution in [0, 0.1) is 13.8 Å². The van der Waals surface area contributed by atoms with Gasteiger partial charge < -0.3 is 19.4 Å². The Hall–Kier alpha value is -3.78. The van der Waals surface area contributed by atoms with Gasteiger partial charge in [-0.15, -0.1) is 10.2 Å². The van der Waals surface area contributed by atoms with Crippen LogP contribution >= 0.6 is 0 Å². The van der Waals surface area contributed by atoms with Gasteiger partial charge in [0.15, 0.2) is 5.82 Å². The Morgan fingerprint density at radius 3 is 2.28 bits per heavy atom. The average Bonchev–Trinajstić information content (AvgIpc) is 3.34. The molecule has 0 radical (unpaired) electrons. The summed E-state index contributed by atoms with van der Waals surface area (Å²) in [5.41, 5.74) is 4.79. The molecule has 0 saturated carbocycles. The van der Waals surface area contributed by atoms with Crippen molar-refractivity contribution in [1.29, 1.82) is 0 Å². The first-order valence-corrected chi connectivity index (χ1v) is 13.9. The number of hydrogen-bond acceptors (Lipinski definition) is 6. The fourth-order valence-electron chi connectivity index (χ4n) is 5.16. The number of rotatable bonds is 7. The molecule has 2 aliphatic rings. The van der Waals surface area contributed by atoms with E-state index in [1.165, 1.54) is 5.56 Å². The van der Waals surface area contributed by atoms with Crippen LogP contribution in [0.5, 0.6) is 0 Å². The minimum atomic E-state index is -0.126. The zero-order valence-electron chi connectivity index (χ0n) is 22.9. The summed E-state index contributed by atoms with van der Waals surface area (Å²) in [6.45, 7) is 7.95. The molecule has 0 aliphatic carbocycles. The summed E-state index contributed by atoms with van der Waals surface area (Å²) in [6, 6.07) is 19.8. The predicted octanol–water partition coefficient (Wildman–Crippen LogP) is 4.12. The highest BCUT2D eigenvalue weighted by Crippen LogP contribution is 2.21. The molecule has 2 aliphatic heterocycles. The molecule has 2 aromatic carbocycles. The highest BCUT2D eigenvalue weighted by atomic mass is 16.5. The van der Waals surface area contributed by atoms with E-state index in [1.54, 1.807) is 4.90 Å². The second-order valence-electron chi connectivity index (χ2n) is 10.6. The van der Waals surface area contributed by atoms with Crippen LogP contribution in [0.4, 0.5) is 5.82 Å². The molecule has 8 nitrogen and oxygen atoms in total. The van der Waals surface area contributed by atoms with Crippen LogP contribution in [-0.2, 0) is 9.53 Å². The summed E-state index contributed by atoms with van der Waals surface area (Å²) >= 11 is 0. The first-order valence-electron chi connectivity index (χ1n) is 13.9. The Morgan fingerprint density at radius 1 is 0.872 bits per heavy atom. The van der Waals surface area contributed by atoms with E-state index in [0.29, 0.717) is 38.3 Å². The normalized spacial score (nSPS) is 17.6. The van der Waals surface area contributed by atoms with E-state index in [9.17, 15) is 9.59 Å². The first kappa shape index (κ1) is 26.8. The standard InChI is InChI=1S/C31H37N5O3/c1-23-6-10-25(11-7-23)28-14-15-29(33-32-28)34-16-4-17-35(19-18-34)30(37)22-36(21-27-5-3-20-39-27)31(38)26-12-8-24(2)9-13-26/h6-15,27H,3-5,16-22H2,1-2H3/t27-/m0/s1. The van der Waals surface area contributed by atoms with Gasteiger partial charge >= 0.3 is 0 Å². The van der Waals surface area contributed by atoms with Crippen molar-refractivity contribution in [2.45, 2.75) is 39.2 Å². The van der Waals surface area contributed by atoms with Gasteiger partial charge in [0, 0.05) is 50.5 Å². The minimum Gasteiger partial charge on any atom is -0.376 e.